The molecule has 8 nitrogen and oxygen atoms in total. The largest absolute Gasteiger partial charge is 0.466 e. The fourth-order valence-electron chi connectivity index (χ4n) is 4.71. The van der Waals surface area contributed by atoms with Crippen molar-refractivity contribution in [1.29, 1.82) is 0 Å². The van der Waals surface area contributed by atoms with Crippen LogP contribution in [0.1, 0.15) is 25.3 Å². The second kappa shape index (κ2) is 16.1. The first-order valence-corrected chi connectivity index (χ1v) is 15.4. The van der Waals surface area contributed by atoms with Gasteiger partial charge < -0.3 is 25.4 Å². The number of carbonyl (C=O) groups excluding carboxylic acids is 1. The van der Waals surface area contributed by atoms with Gasteiger partial charge in [-0.05, 0) is 92.1 Å². The lowest BCUT2D eigenvalue weighted by Gasteiger charge is -2.16. The van der Waals surface area contributed by atoms with Crippen LogP contribution in [0.5, 0.6) is 11.5 Å². The average molecular weight is 634 g/mol. The molecule has 9 heteroatoms. The molecule has 1 heterocycles. The van der Waals surface area contributed by atoms with E-state index in [1.54, 1.807) is 19.2 Å². The number of anilines is 3. The number of pyridine rings is 1. The molecule has 0 aliphatic rings. The van der Waals surface area contributed by atoms with Gasteiger partial charge in [-0.25, -0.2) is 4.79 Å². The van der Waals surface area contributed by atoms with Crippen molar-refractivity contribution in [1.82, 2.24) is 4.98 Å². The van der Waals surface area contributed by atoms with E-state index in [1.165, 1.54) is 7.11 Å². The molecule has 3 N–H and O–H groups in total. The molecule has 4 aromatic carbocycles. The molecule has 0 radical (unpaired) electrons. The number of carbonyl (C=O) groups is 1. The van der Waals surface area contributed by atoms with Gasteiger partial charge in [0.25, 0.3) is 0 Å². The van der Waals surface area contributed by atoms with Crippen LogP contribution in [0, 0.1) is 0 Å². The van der Waals surface area contributed by atoms with Gasteiger partial charge in [-0.2, -0.15) is 0 Å². The fraction of sp³-hybridized carbons (Fsp3) is 0.162. The van der Waals surface area contributed by atoms with Gasteiger partial charge in [0, 0.05) is 46.6 Å². The Morgan fingerprint density at radius 2 is 1.67 bits per heavy atom. The van der Waals surface area contributed by atoms with Crippen molar-refractivity contribution >= 4 is 57.6 Å². The molecule has 0 atom stereocenters. The molecule has 5 aromatic rings. The molecule has 0 fully saturated rings. The Balaban J connectivity index is 1.23. The number of nitrogens with zero attached hydrogens (tertiary/aromatic N) is 2. The number of ether oxygens (including phenoxy) is 2. The number of aliphatic imine (C=N–C) groups is 1. The van der Waals surface area contributed by atoms with Gasteiger partial charge >= 0.3 is 5.97 Å². The summed E-state index contributed by atoms with van der Waals surface area (Å²) < 4.78 is 11.0. The number of nitrogens with one attached hydrogen (secondary N) is 3. The number of guanidine groups is 1. The van der Waals surface area contributed by atoms with Crippen LogP contribution in [0.2, 0.25) is 5.02 Å². The molecule has 0 aliphatic heterocycles. The van der Waals surface area contributed by atoms with Crippen molar-refractivity contribution in [3.8, 4) is 11.5 Å². The van der Waals surface area contributed by atoms with Crippen molar-refractivity contribution in [2.45, 2.75) is 19.8 Å². The van der Waals surface area contributed by atoms with Crippen molar-refractivity contribution in [2.75, 3.05) is 36.1 Å². The lowest BCUT2D eigenvalue weighted by molar-refractivity contribution is -0.135. The molecule has 5 rings (SSSR count). The SMILES string of the molecule is COC(=O)/C(C)=C/c1ccc(Oc2ccccc2NC(=NCCCCNc2ccnc3cc(Cl)ccc23)Nc2ccccc2)cc1. The summed E-state index contributed by atoms with van der Waals surface area (Å²) in [5, 5.41) is 12.1. The van der Waals surface area contributed by atoms with Crippen LogP contribution < -0.4 is 20.7 Å². The van der Waals surface area contributed by atoms with E-state index in [-0.39, 0.29) is 5.97 Å². The predicted octanol–water partition coefficient (Wildman–Crippen LogP) is 9.03. The molecule has 0 spiro atoms. The van der Waals surface area contributed by atoms with Crippen LogP contribution in [-0.2, 0) is 9.53 Å². The van der Waals surface area contributed by atoms with Crippen LogP contribution in [0.3, 0.4) is 0 Å². The Labute approximate surface area is 274 Å². The molecule has 0 saturated heterocycles. The van der Waals surface area contributed by atoms with Crippen molar-refractivity contribution in [3.05, 3.63) is 125 Å². The molecule has 0 bridgehead atoms. The molecule has 0 unspecified atom stereocenters. The quantitative estimate of drug-likeness (QED) is 0.0415. The van der Waals surface area contributed by atoms with Crippen molar-refractivity contribution < 1.29 is 14.3 Å². The van der Waals surface area contributed by atoms with E-state index < -0.39 is 0 Å². The molecule has 0 aliphatic carbocycles. The monoisotopic (exact) mass is 633 g/mol. The number of unbranched alkanes of at least 4 members (excludes halogenated alkanes) is 1. The Hall–Kier alpha value is -5.34. The maximum Gasteiger partial charge on any atom is 0.333 e. The van der Waals surface area contributed by atoms with E-state index in [0.717, 1.165) is 52.9 Å². The topological polar surface area (TPSA) is 96.9 Å². The maximum atomic E-state index is 11.7. The molecular formula is C37H36ClN5O3. The molecular weight excluding hydrogens is 598 g/mol. The number of esters is 1. The van der Waals surface area contributed by atoms with Gasteiger partial charge in [0.05, 0.1) is 18.3 Å². The fourth-order valence-corrected chi connectivity index (χ4v) is 4.88. The van der Waals surface area contributed by atoms with E-state index in [1.807, 2.05) is 103 Å². The van der Waals surface area contributed by atoms with Crippen LogP contribution in [0.4, 0.5) is 17.1 Å². The third-order valence-corrected chi connectivity index (χ3v) is 7.29. The highest BCUT2D eigenvalue weighted by Crippen LogP contribution is 2.30. The second-order valence-corrected chi connectivity index (χ2v) is 10.9. The zero-order valence-electron chi connectivity index (χ0n) is 25.8. The zero-order chi connectivity index (χ0) is 32.1. The van der Waals surface area contributed by atoms with Crippen molar-refractivity contribution in [3.63, 3.8) is 0 Å². The highest BCUT2D eigenvalue weighted by Gasteiger charge is 2.09. The zero-order valence-corrected chi connectivity index (χ0v) is 26.6. The summed E-state index contributed by atoms with van der Waals surface area (Å²) in [5.41, 5.74) is 4.99. The Bertz CT molecular complexity index is 1820. The second-order valence-electron chi connectivity index (χ2n) is 10.5. The van der Waals surface area contributed by atoms with Crippen LogP contribution >= 0.6 is 11.6 Å². The van der Waals surface area contributed by atoms with Gasteiger partial charge in [0.2, 0.25) is 0 Å². The van der Waals surface area contributed by atoms with E-state index in [9.17, 15) is 4.79 Å². The van der Waals surface area contributed by atoms with Gasteiger partial charge in [0.1, 0.15) is 5.75 Å². The smallest absolute Gasteiger partial charge is 0.333 e. The lowest BCUT2D eigenvalue weighted by Crippen LogP contribution is -2.23. The molecule has 0 saturated carbocycles. The number of benzene rings is 4. The molecule has 0 amide bonds. The summed E-state index contributed by atoms with van der Waals surface area (Å²) >= 11 is 6.13. The van der Waals surface area contributed by atoms with E-state index in [4.69, 9.17) is 26.1 Å². The van der Waals surface area contributed by atoms with E-state index >= 15 is 0 Å². The number of fused-ring (bicyclic) bond motifs is 1. The van der Waals surface area contributed by atoms with E-state index in [2.05, 4.69) is 20.9 Å². The molecule has 1 aromatic heterocycles. The Morgan fingerprint density at radius 1 is 0.891 bits per heavy atom. The highest BCUT2D eigenvalue weighted by molar-refractivity contribution is 6.31. The first-order valence-electron chi connectivity index (χ1n) is 15.0. The van der Waals surface area contributed by atoms with Gasteiger partial charge in [-0.1, -0.05) is 54.1 Å². The minimum atomic E-state index is -0.358. The number of rotatable bonds is 12. The summed E-state index contributed by atoms with van der Waals surface area (Å²) in [4.78, 5) is 21.0. The third kappa shape index (κ3) is 9.09. The number of para-hydroxylation sites is 3. The Kier molecular flexibility index (Phi) is 11.2. The van der Waals surface area contributed by atoms with Gasteiger partial charge in [0.15, 0.2) is 11.7 Å². The first kappa shape index (κ1) is 32.1. The normalized spacial score (nSPS) is 11.6. The minimum absolute atomic E-state index is 0.358. The predicted molar refractivity (Wildman–Crippen MR) is 189 cm³/mol. The van der Waals surface area contributed by atoms with Gasteiger partial charge in [-0.3, -0.25) is 9.98 Å². The standard InChI is InChI=1S/C37H36ClN5O3/c1-26(36(44)45-2)24-27-14-17-30(18-15-27)46-35-13-7-6-12-33(35)43-37(42-29-10-4-3-5-11-29)41-22-9-8-21-39-32-20-23-40-34-25-28(38)16-19-31(32)34/h3-7,10-20,23-25H,8-9,21-22H2,1-2H3,(H,39,40)(H2,41,42,43)/b26-24+. The average Bonchev–Trinajstić information content (AvgIpc) is 3.07. The number of halogens is 1. The highest BCUT2D eigenvalue weighted by atomic mass is 35.5. The first-order chi connectivity index (χ1) is 22.5. The maximum absolute atomic E-state index is 11.7. The molecule has 234 valence electrons. The summed E-state index contributed by atoms with van der Waals surface area (Å²) in [6, 6.07) is 32.9. The third-order valence-electron chi connectivity index (χ3n) is 7.05. The number of methoxy groups -OCH3 is 1. The Morgan fingerprint density at radius 3 is 2.48 bits per heavy atom. The summed E-state index contributed by atoms with van der Waals surface area (Å²) in [6.07, 6.45) is 5.39. The number of aromatic nitrogens is 1. The summed E-state index contributed by atoms with van der Waals surface area (Å²) in [6.45, 7) is 3.15. The van der Waals surface area contributed by atoms with Gasteiger partial charge in [-0.15, -0.1) is 0 Å². The van der Waals surface area contributed by atoms with Crippen molar-refractivity contribution in [2.24, 2.45) is 4.99 Å². The minimum Gasteiger partial charge on any atom is -0.466 e. The molecule has 46 heavy (non-hydrogen) atoms. The lowest BCUT2D eigenvalue weighted by atomic mass is 10.1. The van der Waals surface area contributed by atoms with E-state index in [0.29, 0.717) is 34.6 Å². The van der Waals surface area contributed by atoms with Crippen LogP contribution in [-0.4, -0.2) is 37.1 Å². The van der Waals surface area contributed by atoms with Crippen LogP contribution in [0.25, 0.3) is 17.0 Å². The number of hydrogen-bond donors (Lipinski definition) is 3. The summed E-state index contributed by atoms with van der Waals surface area (Å²) in [7, 11) is 1.37. The summed E-state index contributed by atoms with van der Waals surface area (Å²) in [5.74, 6) is 1.57. The van der Waals surface area contributed by atoms with Crippen LogP contribution in [0.15, 0.2) is 120 Å². The number of hydrogen-bond acceptors (Lipinski definition) is 6.